The molecule has 2 aromatic rings. The maximum atomic E-state index is 5.64. The summed E-state index contributed by atoms with van der Waals surface area (Å²) in [5.74, 6) is 6.86. The SMILES string of the molecule is NCCc1ccc(OCC#Cc2ccccc2)c(Br)c1. The highest BCUT2D eigenvalue weighted by molar-refractivity contribution is 9.10. The lowest BCUT2D eigenvalue weighted by molar-refractivity contribution is 0.368. The first-order valence-electron chi connectivity index (χ1n) is 6.45. The molecule has 0 bridgehead atoms. The summed E-state index contributed by atoms with van der Waals surface area (Å²) in [5, 5.41) is 0. The Morgan fingerprint density at radius 3 is 2.60 bits per heavy atom. The Labute approximate surface area is 128 Å². The van der Waals surface area contributed by atoms with E-state index < -0.39 is 0 Å². The average Bonchev–Trinajstić information content (AvgIpc) is 2.47. The number of hydrogen-bond donors (Lipinski definition) is 1. The Kier molecular flexibility index (Phi) is 5.67. The quantitative estimate of drug-likeness (QED) is 0.873. The molecule has 20 heavy (non-hydrogen) atoms. The molecule has 0 atom stereocenters. The van der Waals surface area contributed by atoms with Crippen LogP contribution < -0.4 is 10.5 Å². The van der Waals surface area contributed by atoms with Gasteiger partial charge in [0.25, 0.3) is 0 Å². The van der Waals surface area contributed by atoms with Crippen molar-refractivity contribution in [2.24, 2.45) is 5.73 Å². The zero-order valence-electron chi connectivity index (χ0n) is 11.1. The molecule has 0 aliphatic carbocycles. The molecule has 0 spiro atoms. The Morgan fingerprint density at radius 1 is 1.10 bits per heavy atom. The normalized spacial score (nSPS) is 9.70. The summed E-state index contributed by atoms with van der Waals surface area (Å²) in [6.07, 6.45) is 0.868. The van der Waals surface area contributed by atoms with Crippen molar-refractivity contribution >= 4 is 15.9 Å². The van der Waals surface area contributed by atoms with Crippen LogP contribution in [0.1, 0.15) is 11.1 Å². The molecule has 0 saturated heterocycles. The monoisotopic (exact) mass is 329 g/mol. The number of ether oxygens (including phenoxy) is 1. The number of nitrogens with two attached hydrogens (primary N) is 1. The molecule has 102 valence electrons. The second kappa shape index (κ2) is 7.74. The van der Waals surface area contributed by atoms with Gasteiger partial charge in [-0.25, -0.2) is 0 Å². The molecular formula is C17H16BrNO. The van der Waals surface area contributed by atoms with E-state index in [-0.39, 0.29) is 0 Å². The molecule has 0 unspecified atom stereocenters. The Bertz CT molecular complexity index is 614. The van der Waals surface area contributed by atoms with Crippen LogP contribution in [0.15, 0.2) is 53.0 Å². The van der Waals surface area contributed by atoms with E-state index in [9.17, 15) is 0 Å². The molecule has 0 heterocycles. The minimum atomic E-state index is 0.365. The Balaban J connectivity index is 1.93. The van der Waals surface area contributed by atoms with Crippen LogP contribution in [0.25, 0.3) is 0 Å². The molecule has 2 rings (SSSR count). The summed E-state index contributed by atoms with van der Waals surface area (Å²) >= 11 is 3.50. The van der Waals surface area contributed by atoms with Gasteiger partial charge in [0.15, 0.2) is 0 Å². The van der Waals surface area contributed by atoms with Gasteiger partial charge < -0.3 is 10.5 Å². The third-order valence-corrected chi connectivity index (χ3v) is 3.36. The van der Waals surface area contributed by atoms with Gasteiger partial charge >= 0.3 is 0 Å². The minimum absolute atomic E-state index is 0.365. The van der Waals surface area contributed by atoms with Crippen molar-refractivity contribution in [3.8, 4) is 17.6 Å². The van der Waals surface area contributed by atoms with E-state index in [1.807, 2.05) is 48.5 Å². The summed E-state index contributed by atoms with van der Waals surface area (Å²) in [5.41, 5.74) is 7.73. The molecule has 0 aliphatic rings. The van der Waals surface area contributed by atoms with Gasteiger partial charge in [0.2, 0.25) is 0 Å². The van der Waals surface area contributed by atoms with Crippen LogP contribution in [-0.4, -0.2) is 13.2 Å². The van der Waals surface area contributed by atoms with Gasteiger partial charge in [-0.15, -0.1) is 0 Å². The van der Waals surface area contributed by atoms with E-state index in [1.165, 1.54) is 5.56 Å². The number of rotatable bonds is 4. The van der Waals surface area contributed by atoms with Gasteiger partial charge in [-0.3, -0.25) is 0 Å². The summed E-state index contributed by atoms with van der Waals surface area (Å²) in [7, 11) is 0. The molecule has 0 amide bonds. The van der Waals surface area contributed by atoms with Crippen LogP contribution in [0, 0.1) is 11.8 Å². The molecule has 0 radical (unpaired) electrons. The molecule has 0 fully saturated rings. The van der Waals surface area contributed by atoms with E-state index >= 15 is 0 Å². The van der Waals surface area contributed by atoms with Gasteiger partial charge in [-0.1, -0.05) is 36.1 Å². The lowest BCUT2D eigenvalue weighted by atomic mass is 10.1. The summed E-state index contributed by atoms with van der Waals surface area (Å²) < 4.78 is 6.58. The second-order valence-corrected chi connectivity index (χ2v) is 5.11. The topological polar surface area (TPSA) is 35.2 Å². The smallest absolute Gasteiger partial charge is 0.149 e. The first-order chi connectivity index (χ1) is 9.79. The van der Waals surface area contributed by atoms with Crippen molar-refractivity contribution in [1.82, 2.24) is 0 Å². The van der Waals surface area contributed by atoms with Crippen molar-refractivity contribution in [2.45, 2.75) is 6.42 Å². The molecule has 3 heteroatoms. The molecule has 0 aromatic heterocycles. The molecule has 0 saturated carbocycles. The molecular weight excluding hydrogens is 314 g/mol. The van der Waals surface area contributed by atoms with Crippen molar-refractivity contribution in [2.75, 3.05) is 13.2 Å². The fourth-order valence-electron chi connectivity index (χ4n) is 1.76. The van der Waals surface area contributed by atoms with Crippen LogP contribution in [0.3, 0.4) is 0 Å². The van der Waals surface area contributed by atoms with Gasteiger partial charge in [-0.05, 0) is 58.7 Å². The Hall–Kier alpha value is -1.76. The highest BCUT2D eigenvalue weighted by Gasteiger charge is 2.01. The predicted molar refractivity (Wildman–Crippen MR) is 85.7 cm³/mol. The van der Waals surface area contributed by atoms with Crippen LogP contribution >= 0.6 is 15.9 Å². The van der Waals surface area contributed by atoms with Crippen LogP contribution in [0.2, 0.25) is 0 Å². The van der Waals surface area contributed by atoms with E-state index in [0.29, 0.717) is 13.2 Å². The van der Waals surface area contributed by atoms with Crippen LogP contribution in [0.5, 0.6) is 5.75 Å². The van der Waals surface area contributed by atoms with Gasteiger partial charge in [0.1, 0.15) is 12.4 Å². The molecule has 0 aliphatic heterocycles. The first kappa shape index (κ1) is 14.6. The molecule has 2 nitrogen and oxygen atoms in total. The third-order valence-electron chi connectivity index (χ3n) is 2.74. The van der Waals surface area contributed by atoms with Crippen molar-refractivity contribution in [3.05, 3.63) is 64.1 Å². The van der Waals surface area contributed by atoms with Crippen molar-refractivity contribution in [3.63, 3.8) is 0 Å². The maximum Gasteiger partial charge on any atom is 0.149 e. The fourth-order valence-corrected chi connectivity index (χ4v) is 2.30. The van der Waals surface area contributed by atoms with Crippen molar-refractivity contribution in [1.29, 1.82) is 0 Å². The lowest BCUT2D eigenvalue weighted by Crippen LogP contribution is -2.03. The van der Waals surface area contributed by atoms with Crippen LogP contribution in [0.4, 0.5) is 0 Å². The van der Waals surface area contributed by atoms with E-state index in [0.717, 1.165) is 22.2 Å². The molecule has 2 aromatic carbocycles. The number of benzene rings is 2. The van der Waals surface area contributed by atoms with Gasteiger partial charge in [-0.2, -0.15) is 0 Å². The highest BCUT2D eigenvalue weighted by Crippen LogP contribution is 2.26. The minimum Gasteiger partial charge on any atom is -0.480 e. The summed E-state index contributed by atoms with van der Waals surface area (Å²) in [6, 6.07) is 15.9. The van der Waals surface area contributed by atoms with Crippen molar-refractivity contribution < 1.29 is 4.74 Å². The molecule has 2 N–H and O–H groups in total. The predicted octanol–water partition coefficient (Wildman–Crippen LogP) is 3.38. The second-order valence-electron chi connectivity index (χ2n) is 4.26. The average molecular weight is 330 g/mol. The van der Waals surface area contributed by atoms with Gasteiger partial charge in [0, 0.05) is 5.56 Å². The zero-order valence-corrected chi connectivity index (χ0v) is 12.7. The summed E-state index contributed by atoms with van der Waals surface area (Å²) in [6.45, 7) is 1.01. The number of halogens is 1. The van der Waals surface area contributed by atoms with Crippen LogP contribution in [-0.2, 0) is 6.42 Å². The standard InChI is InChI=1S/C17H16BrNO/c18-16-13-15(10-11-19)8-9-17(16)20-12-4-7-14-5-2-1-3-6-14/h1-3,5-6,8-9,13H,10-12,19H2. The fraction of sp³-hybridized carbons (Fsp3) is 0.176. The van der Waals surface area contributed by atoms with E-state index in [2.05, 4.69) is 27.8 Å². The highest BCUT2D eigenvalue weighted by atomic mass is 79.9. The zero-order chi connectivity index (χ0) is 14.2. The largest absolute Gasteiger partial charge is 0.480 e. The third kappa shape index (κ3) is 4.41. The lowest BCUT2D eigenvalue weighted by Gasteiger charge is -2.06. The first-order valence-corrected chi connectivity index (χ1v) is 7.24. The van der Waals surface area contributed by atoms with E-state index in [1.54, 1.807) is 0 Å². The number of hydrogen-bond acceptors (Lipinski definition) is 2. The van der Waals surface area contributed by atoms with E-state index in [4.69, 9.17) is 10.5 Å². The summed E-state index contributed by atoms with van der Waals surface area (Å²) in [4.78, 5) is 0. The maximum absolute atomic E-state index is 5.64. The van der Waals surface area contributed by atoms with Gasteiger partial charge in [0.05, 0.1) is 4.47 Å². The Morgan fingerprint density at radius 2 is 1.90 bits per heavy atom.